The van der Waals surface area contributed by atoms with Crippen molar-refractivity contribution in [3.8, 4) is 0 Å². The maximum absolute atomic E-state index is 12.6. The van der Waals surface area contributed by atoms with Gasteiger partial charge in [0.1, 0.15) is 31.0 Å². The molecule has 0 amide bonds. The highest BCUT2D eigenvalue weighted by atomic mass is 16.7. The molecule has 4 aliphatic carbocycles. The smallest absolute Gasteiger partial charge is 0.305 e. The third kappa shape index (κ3) is 12.8. The molecule has 1 saturated heterocycles. The van der Waals surface area contributed by atoms with Gasteiger partial charge in [-0.05, 0) is 136 Å². The Balaban J connectivity index is 1.01. The largest absolute Gasteiger partial charge is 0.463 e. The number of esters is 1. The zero-order valence-corrected chi connectivity index (χ0v) is 39.3. The Labute approximate surface area is 367 Å². The molecule has 14 unspecified atom stereocenters. The standard InChI is InChI=1S/C53H90O7/c1-8-9-10-11-12-13-14-15-16-17-18-19-20-21-22-23-24-47(54)58-36-46-48(55)49(56)50(57)51(60-46)59-41-31-33-52(6)40(35-41)27-28-42-44-30-29-43(53(44,7)34-32-45(42)52)39(5)26-25-38(4)37(2)3/h16-17,25-27,37-39,41-46,48-51,55-57H,8-15,18-24,28-36H2,1-7H3/b17-16-,26-25+. The number of unbranched alkanes of at least 4 members (excludes halogenated alkanes) is 12. The summed E-state index contributed by atoms with van der Waals surface area (Å²) in [6.45, 7) is 16.7. The van der Waals surface area contributed by atoms with Crippen LogP contribution < -0.4 is 0 Å². The second-order valence-corrected chi connectivity index (χ2v) is 21.2. The van der Waals surface area contributed by atoms with Crippen LogP contribution in [0.4, 0.5) is 0 Å². The van der Waals surface area contributed by atoms with Crippen molar-refractivity contribution < 1.29 is 34.3 Å². The van der Waals surface area contributed by atoms with Gasteiger partial charge in [-0.15, -0.1) is 0 Å². The van der Waals surface area contributed by atoms with Crippen molar-refractivity contribution in [1.29, 1.82) is 0 Å². The number of aliphatic hydroxyl groups excluding tert-OH is 3. The van der Waals surface area contributed by atoms with Crippen LogP contribution >= 0.6 is 0 Å². The Morgan fingerprint density at radius 1 is 0.800 bits per heavy atom. The van der Waals surface area contributed by atoms with E-state index in [9.17, 15) is 20.1 Å². The normalized spacial score (nSPS) is 36.5. The maximum atomic E-state index is 12.6. The van der Waals surface area contributed by atoms with Gasteiger partial charge in [0.25, 0.3) is 0 Å². The summed E-state index contributed by atoms with van der Waals surface area (Å²) < 4.78 is 18.0. The number of aliphatic hydroxyl groups is 3. The van der Waals surface area contributed by atoms with E-state index >= 15 is 0 Å². The van der Waals surface area contributed by atoms with E-state index in [0.717, 1.165) is 75.5 Å². The minimum Gasteiger partial charge on any atom is -0.463 e. The van der Waals surface area contributed by atoms with Crippen LogP contribution in [-0.2, 0) is 19.0 Å². The first-order valence-corrected chi connectivity index (χ1v) is 25.3. The molecule has 1 aliphatic heterocycles. The van der Waals surface area contributed by atoms with Crippen LogP contribution in [0.3, 0.4) is 0 Å². The molecule has 0 radical (unpaired) electrons. The van der Waals surface area contributed by atoms with Crippen LogP contribution in [0.25, 0.3) is 0 Å². The van der Waals surface area contributed by atoms with Crippen molar-refractivity contribution in [1.82, 2.24) is 0 Å². The van der Waals surface area contributed by atoms with Gasteiger partial charge in [0.15, 0.2) is 6.29 Å². The van der Waals surface area contributed by atoms with Crippen LogP contribution in [0, 0.1) is 52.3 Å². The summed E-state index contributed by atoms with van der Waals surface area (Å²) in [4.78, 5) is 12.6. The van der Waals surface area contributed by atoms with Gasteiger partial charge in [0.2, 0.25) is 0 Å². The summed E-state index contributed by atoms with van der Waals surface area (Å²) >= 11 is 0. The molecular formula is C53H90O7. The first kappa shape index (κ1) is 49.5. The first-order chi connectivity index (χ1) is 28.8. The Hall–Kier alpha value is -1.51. The molecule has 3 N–H and O–H groups in total. The average Bonchev–Trinajstić information content (AvgIpc) is 3.59. The van der Waals surface area contributed by atoms with Crippen molar-refractivity contribution in [3.05, 3.63) is 36.0 Å². The van der Waals surface area contributed by atoms with Crippen molar-refractivity contribution in [3.63, 3.8) is 0 Å². The lowest BCUT2D eigenvalue weighted by Gasteiger charge is -2.58. The number of carbonyl (C=O) groups is 1. The van der Waals surface area contributed by atoms with E-state index in [4.69, 9.17) is 14.2 Å². The summed E-state index contributed by atoms with van der Waals surface area (Å²) in [7, 11) is 0. The van der Waals surface area contributed by atoms with Crippen molar-refractivity contribution in [2.75, 3.05) is 6.61 Å². The molecule has 4 fully saturated rings. The molecule has 1 heterocycles. The van der Waals surface area contributed by atoms with E-state index in [0.29, 0.717) is 35.5 Å². The molecule has 0 spiro atoms. The highest BCUT2D eigenvalue weighted by molar-refractivity contribution is 5.69. The quantitative estimate of drug-likeness (QED) is 0.0505. The lowest BCUT2D eigenvalue weighted by molar-refractivity contribution is -0.313. The molecule has 0 aromatic carbocycles. The van der Waals surface area contributed by atoms with Crippen molar-refractivity contribution in [2.24, 2.45) is 52.3 Å². The Morgan fingerprint density at radius 3 is 2.15 bits per heavy atom. The SMILES string of the molecule is CCCCCCCCC/C=C\CCCCCCCC(=O)OCC1OC(OC2CCC3(C)C(=CCC4C3CCC3(C)C(C(C)/C=C/C(C)C(C)C)CCC43)C2)C(O)C(O)C1O. The second-order valence-electron chi connectivity index (χ2n) is 21.2. The lowest BCUT2D eigenvalue weighted by Crippen LogP contribution is -2.60. The van der Waals surface area contributed by atoms with Gasteiger partial charge >= 0.3 is 5.97 Å². The Morgan fingerprint density at radius 2 is 1.47 bits per heavy atom. The van der Waals surface area contributed by atoms with Crippen LogP contribution in [0.1, 0.15) is 196 Å². The van der Waals surface area contributed by atoms with Gasteiger partial charge in [0.05, 0.1) is 6.10 Å². The number of ether oxygens (including phenoxy) is 3. The summed E-state index contributed by atoms with van der Waals surface area (Å²) in [5.41, 5.74) is 2.05. The predicted octanol–water partition coefficient (Wildman–Crippen LogP) is 12.2. The molecule has 0 aromatic rings. The molecular weight excluding hydrogens is 749 g/mol. The summed E-state index contributed by atoms with van der Waals surface area (Å²) in [6.07, 6.45) is 32.3. The van der Waals surface area contributed by atoms with E-state index in [1.165, 1.54) is 89.0 Å². The fourth-order valence-electron chi connectivity index (χ4n) is 12.5. The predicted molar refractivity (Wildman–Crippen MR) is 244 cm³/mol. The molecule has 3 saturated carbocycles. The van der Waals surface area contributed by atoms with Crippen LogP contribution in [-0.4, -0.2) is 64.7 Å². The van der Waals surface area contributed by atoms with E-state index in [2.05, 4.69) is 78.8 Å². The molecule has 344 valence electrons. The monoisotopic (exact) mass is 839 g/mol. The van der Waals surface area contributed by atoms with Crippen molar-refractivity contribution >= 4 is 5.97 Å². The van der Waals surface area contributed by atoms with Gasteiger partial charge in [-0.25, -0.2) is 0 Å². The van der Waals surface area contributed by atoms with Gasteiger partial charge in [-0.3, -0.25) is 4.79 Å². The minimum atomic E-state index is -1.45. The van der Waals surface area contributed by atoms with Gasteiger partial charge in [-0.2, -0.15) is 0 Å². The minimum absolute atomic E-state index is 0.150. The third-order valence-corrected chi connectivity index (χ3v) is 16.8. The van der Waals surface area contributed by atoms with E-state index in [1.54, 1.807) is 0 Å². The molecule has 5 aliphatic rings. The van der Waals surface area contributed by atoms with Gasteiger partial charge in [-0.1, -0.05) is 142 Å². The Kier molecular flexibility index (Phi) is 19.8. The van der Waals surface area contributed by atoms with Crippen molar-refractivity contribution in [2.45, 2.75) is 233 Å². The summed E-state index contributed by atoms with van der Waals surface area (Å²) in [5, 5.41) is 32.5. The lowest BCUT2D eigenvalue weighted by atomic mass is 9.47. The van der Waals surface area contributed by atoms with Gasteiger partial charge in [0, 0.05) is 6.42 Å². The topological polar surface area (TPSA) is 105 Å². The zero-order valence-electron chi connectivity index (χ0n) is 39.3. The summed E-state index contributed by atoms with van der Waals surface area (Å²) in [6, 6.07) is 0. The Bertz CT molecular complexity index is 1370. The zero-order chi connectivity index (χ0) is 43.3. The number of fused-ring (bicyclic) bond motifs is 5. The van der Waals surface area contributed by atoms with Gasteiger partial charge < -0.3 is 29.5 Å². The molecule has 7 heteroatoms. The fraction of sp³-hybridized carbons (Fsp3) is 0.868. The van der Waals surface area contributed by atoms with Crippen LogP contribution in [0.15, 0.2) is 36.0 Å². The fourth-order valence-corrected chi connectivity index (χ4v) is 12.5. The molecule has 14 atom stereocenters. The number of hydrogen-bond acceptors (Lipinski definition) is 7. The highest BCUT2D eigenvalue weighted by Crippen LogP contribution is 2.67. The van der Waals surface area contributed by atoms with Crippen LogP contribution in [0.5, 0.6) is 0 Å². The van der Waals surface area contributed by atoms with Crippen LogP contribution in [0.2, 0.25) is 0 Å². The number of allylic oxidation sites excluding steroid dienone is 5. The molecule has 60 heavy (non-hydrogen) atoms. The van der Waals surface area contributed by atoms with E-state index in [-0.39, 0.29) is 24.1 Å². The molecule has 0 aromatic heterocycles. The maximum Gasteiger partial charge on any atom is 0.305 e. The molecule has 5 rings (SSSR count). The second kappa shape index (κ2) is 24.0. The average molecular weight is 839 g/mol. The first-order valence-electron chi connectivity index (χ1n) is 25.3. The van der Waals surface area contributed by atoms with E-state index in [1.807, 2.05) is 0 Å². The highest BCUT2D eigenvalue weighted by Gasteiger charge is 2.59. The summed E-state index contributed by atoms with van der Waals surface area (Å²) in [5.74, 6) is 4.53. The third-order valence-electron chi connectivity index (χ3n) is 16.8. The van der Waals surface area contributed by atoms with E-state index < -0.39 is 30.7 Å². The number of rotatable bonds is 24. The molecule has 0 bridgehead atoms. The number of carbonyl (C=O) groups excluding carboxylic acids is 1. The molecule has 7 nitrogen and oxygen atoms in total. The number of hydrogen-bond donors (Lipinski definition) is 3.